The minimum Gasteiger partial charge on any atom is -0.353 e. The van der Waals surface area contributed by atoms with Crippen molar-refractivity contribution in [2.45, 2.75) is 59.0 Å². The zero-order valence-corrected chi connectivity index (χ0v) is 13.2. The number of carbonyl (C=O) groups is 2. The summed E-state index contributed by atoms with van der Waals surface area (Å²) in [7, 11) is 0. The van der Waals surface area contributed by atoms with Gasteiger partial charge in [0.2, 0.25) is 11.8 Å². The van der Waals surface area contributed by atoms with Crippen LogP contribution in [-0.4, -0.2) is 48.4 Å². The molecule has 0 saturated carbocycles. The van der Waals surface area contributed by atoms with Gasteiger partial charge >= 0.3 is 0 Å². The van der Waals surface area contributed by atoms with E-state index in [0.29, 0.717) is 19.0 Å². The molecule has 2 amide bonds. The third kappa shape index (κ3) is 5.90. The summed E-state index contributed by atoms with van der Waals surface area (Å²) in [6.07, 6.45) is 2.24. The molecule has 20 heavy (non-hydrogen) atoms. The van der Waals surface area contributed by atoms with Crippen molar-refractivity contribution >= 4 is 11.8 Å². The first-order valence-electron chi connectivity index (χ1n) is 7.71. The Balaban J connectivity index is 2.22. The zero-order chi connectivity index (χ0) is 15.1. The van der Waals surface area contributed by atoms with Crippen molar-refractivity contribution in [3.05, 3.63) is 0 Å². The van der Waals surface area contributed by atoms with Gasteiger partial charge in [-0.15, -0.1) is 0 Å². The second-order valence-corrected chi connectivity index (χ2v) is 6.18. The largest absolute Gasteiger partial charge is 0.353 e. The van der Waals surface area contributed by atoms with Crippen LogP contribution in [0.1, 0.15) is 47.0 Å². The number of piperidine rings is 1. The standard InChI is InChI=1S/C15H29N3O2/c1-11(2)15(20)18-9-6-13(7-10-18)17-14(19)5-8-16-12(3)4/h11-13,16H,5-10H2,1-4H3,(H,17,19). The molecule has 0 aliphatic carbocycles. The molecule has 2 N–H and O–H groups in total. The molecule has 0 atom stereocenters. The van der Waals surface area contributed by atoms with E-state index < -0.39 is 0 Å². The molecular weight excluding hydrogens is 254 g/mol. The topological polar surface area (TPSA) is 61.4 Å². The number of nitrogens with zero attached hydrogens (tertiary/aromatic N) is 1. The molecule has 1 aliphatic heterocycles. The van der Waals surface area contributed by atoms with Crippen molar-refractivity contribution in [2.75, 3.05) is 19.6 Å². The number of likely N-dealkylation sites (tertiary alicyclic amines) is 1. The number of hydrogen-bond acceptors (Lipinski definition) is 3. The SMILES string of the molecule is CC(C)NCCC(=O)NC1CCN(C(=O)C(C)C)CC1. The molecular formula is C15H29N3O2. The Labute approximate surface area is 122 Å². The van der Waals surface area contributed by atoms with Gasteiger partial charge in [-0.05, 0) is 12.8 Å². The third-order valence-corrected chi connectivity index (χ3v) is 3.57. The summed E-state index contributed by atoms with van der Waals surface area (Å²) >= 11 is 0. The van der Waals surface area contributed by atoms with Gasteiger partial charge in [-0.25, -0.2) is 0 Å². The van der Waals surface area contributed by atoms with Gasteiger partial charge in [-0.1, -0.05) is 27.7 Å². The summed E-state index contributed by atoms with van der Waals surface area (Å²) in [6.45, 7) is 10.2. The van der Waals surface area contributed by atoms with Crippen LogP contribution in [-0.2, 0) is 9.59 Å². The monoisotopic (exact) mass is 283 g/mol. The van der Waals surface area contributed by atoms with E-state index in [1.54, 1.807) is 0 Å². The molecule has 0 unspecified atom stereocenters. The number of amides is 2. The van der Waals surface area contributed by atoms with E-state index in [9.17, 15) is 9.59 Å². The summed E-state index contributed by atoms with van der Waals surface area (Å²) in [5.74, 6) is 0.381. The highest BCUT2D eigenvalue weighted by atomic mass is 16.2. The average molecular weight is 283 g/mol. The Bertz CT molecular complexity index is 321. The fraction of sp³-hybridized carbons (Fsp3) is 0.867. The Morgan fingerprint density at radius 1 is 1.15 bits per heavy atom. The van der Waals surface area contributed by atoms with Gasteiger partial charge in [0, 0.05) is 44.1 Å². The van der Waals surface area contributed by atoms with Gasteiger partial charge in [-0.2, -0.15) is 0 Å². The van der Waals surface area contributed by atoms with Gasteiger partial charge in [0.05, 0.1) is 0 Å². The molecule has 1 aliphatic rings. The summed E-state index contributed by atoms with van der Waals surface area (Å²) in [5, 5.41) is 6.30. The van der Waals surface area contributed by atoms with Crippen molar-refractivity contribution in [3.8, 4) is 0 Å². The highest BCUT2D eigenvalue weighted by Gasteiger charge is 2.24. The van der Waals surface area contributed by atoms with E-state index in [1.165, 1.54) is 0 Å². The predicted octanol–water partition coefficient (Wildman–Crippen LogP) is 1.14. The molecule has 0 aromatic heterocycles. The number of hydrogen-bond donors (Lipinski definition) is 2. The minimum absolute atomic E-state index is 0.0586. The fourth-order valence-electron chi connectivity index (χ4n) is 2.38. The quantitative estimate of drug-likeness (QED) is 0.768. The molecule has 1 saturated heterocycles. The van der Waals surface area contributed by atoms with Crippen LogP contribution in [0, 0.1) is 5.92 Å². The number of rotatable bonds is 6. The van der Waals surface area contributed by atoms with Crippen LogP contribution in [0.5, 0.6) is 0 Å². The summed E-state index contributed by atoms with van der Waals surface area (Å²) < 4.78 is 0. The molecule has 1 heterocycles. The van der Waals surface area contributed by atoms with E-state index in [0.717, 1.165) is 25.9 Å². The van der Waals surface area contributed by atoms with Crippen LogP contribution >= 0.6 is 0 Å². The highest BCUT2D eigenvalue weighted by molar-refractivity contribution is 5.78. The minimum atomic E-state index is 0.0586. The van der Waals surface area contributed by atoms with Gasteiger partial charge < -0.3 is 15.5 Å². The molecule has 0 aromatic carbocycles. The van der Waals surface area contributed by atoms with Crippen LogP contribution < -0.4 is 10.6 Å². The molecule has 0 radical (unpaired) electrons. The molecule has 116 valence electrons. The zero-order valence-electron chi connectivity index (χ0n) is 13.2. The third-order valence-electron chi connectivity index (χ3n) is 3.57. The summed E-state index contributed by atoms with van der Waals surface area (Å²) in [5.41, 5.74) is 0. The fourth-order valence-corrected chi connectivity index (χ4v) is 2.38. The van der Waals surface area contributed by atoms with Crippen molar-refractivity contribution in [1.29, 1.82) is 0 Å². The average Bonchev–Trinajstić information content (AvgIpc) is 2.38. The number of nitrogens with one attached hydrogen (secondary N) is 2. The van der Waals surface area contributed by atoms with Crippen LogP contribution in [0.3, 0.4) is 0 Å². The molecule has 5 heteroatoms. The second kappa shape index (κ2) is 8.25. The Kier molecular flexibility index (Phi) is 6.99. The van der Waals surface area contributed by atoms with Crippen molar-refractivity contribution < 1.29 is 9.59 Å². The highest BCUT2D eigenvalue weighted by Crippen LogP contribution is 2.13. The lowest BCUT2D eigenvalue weighted by atomic mass is 10.0. The van der Waals surface area contributed by atoms with E-state index in [1.807, 2.05) is 18.7 Å². The Hall–Kier alpha value is -1.10. The maximum atomic E-state index is 11.9. The lowest BCUT2D eigenvalue weighted by Crippen LogP contribution is -2.47. The Morgan fingerprint density at radius 2 is 1.75 bits per heavy atom. The summed E-state index contributed by atoms with van der Waals surface area (Å²) in [4.78, 5) is 25.6. The first-order chi connectivity index (χ1) is 9.40. The van der Waals surface area contributed by atoms with Gasteiger partial charge in [0.25, 0.3) is 0 Å². The van der Waals surface area contributed by atoms with Crippen molar-refractivity contribution in [3.63, 3.8) is 0 Å². The van der Waals surface area contributed by atoms with Crippen molar-refractivity contribution in [1.82, 2.24) is 15.5 Å². The first kappa shape index (κ1) is 17.0. The van der Waals surface area contributed by atoms with Crippen LogP contribution in [0.25, 0.3) is 0 Å². The second-order valence-electron chi connectivity index (χ2n) is 6.18. The molecule has 1 fully saturated rings. The van der Waals surface area contributed by atoms with Crippen LogP contribution in [0.2, 0.25) is 0 Å². The molecule has 1 rings (SSSR count). The van der Waals surface area contributed by atoms with Crippen LogP contribution in [0.4, 0.5) is 0 Å². The van der Waals surface area contributed by atoms with Gasteiger partial charge in [0.1, 0.15) is 0 Å². The molecule has 0 spiro atoms. The first-order valence-corrected chi connectivity index (χ1v) is 7.71. The maximum absolute atomic E-state index is 11.9. The van der Waals surface area contributed by atoms with Crippen molar-refractivity contribution in [2.24, 2.45) is 5.92 Å². The number of carbonyl (C=O) groups excluding carboxylic acids is 2. The van der Waals surface area contributed by atoms with E-state index in [2.05, 4.69) is 24.5 Å². The predicted molar refractivity (Wildman–Crippen MR) is 80.3 cm³/mol. The van der Waals surface area contributed by atoms with E-state index in [4.69, 9.17) is 0 Å². The maximum Gasteiger partial charge on any atom is 0.225 e. The smallest absolute Gasteiger partial charge is 0.225 e. The van der Waals surface area contributed by atoms with Gasteiger partial charge in [0.15, 0.2) is 0 Å². The van der Waals surface area contributed by atoms with Gasteiger partial charge in [-0.3, -0.25) is 9.59 Å². The van der Waals surface area contributed by atoms with E-state index >= 15 is 0 Å². The molecule has 0 aromatic rings. The lowest BCUT2D eigenvalue weighted by Gasteiger charge is -2.33. The molecule has 0 bridgehead atoms. The van der Waals surface area contributed by atoms with Crippen LogP contribution in [0.15, 0.2) is 0 Å². The lowest BCUT2D eigenvalue weighted by molar-refractivity contribution is -0.135. The molecule has 5 nitrogen and oxygen atoms in total. The Morgan fingerprint density at radius 3 is 2.25 bits per heavy atom. The normalized spacial score (nSPS) is 16.8. The summed E-state index contributed by atoms with van der Waals surface area (Å²) in [6, 6.07) is 0.630. The van der Waals surface area contributed by atoms with E-state index in [-0.39, 0.29) is 23.8 Å².